The van der Waals surface area contributed by atoms with Crippen LogP contribution in [0.2, 0.25) is 5.02 Å². The first-order chi connectivity index (χ1) is 8.15. The van der Waals surface area contributed by atoms with Crippen molar-refractivity contribution in [3.63, 3.8) is 0 Å². The number of aryl methyl sites for hydroxylation is 1. The lowest BCUT2D eigenvalue weighted by Crippen LogP contribution is -2.12. The van der Waals surface area contributed by atoms with Crippen LogP contribution in [0.25, 0.3) is 0 Å². The quantitative estimate of drug-likeness (QED) is 0.788. The lowest BCUT2D eigenvalue weighted by atomic mass is 10.1. The van der Waals surface area contributed by atoms with Crippen LogP contribution in [0.1, 0.15) is 23.0 Å². The summed E-state index contributed by atoms with van der Waals surface area (Å²) in [5.41, 5.74) is 0.321. The van der Waals surface area contributed by atoms with E-state index in [9.17, 15) is 9.18 Å². The summed E-state index contributed by atoms with van der Waals surface area (Å²) in [7, 11) is 0. The second kappa shape index (κ2) is 4.67. The van der Waals surface area contributed by atoms with E-state index in [0.29, 0.717) is 12.2 Å². The molecule has 0 unspecified atom stereocenters. The van der Waals surface area contributed by atoms with Gasteiger partial charge in [0, 0.05) is 12.7 Å². The highest BCUT2D eigenvalue weighted by atomic mass is 35.5. The van der Waals surface area contributed by atoms with Crippen molar-refractivity contribution >= 4 is 17.4 Å². The first kappa shape index (κ1) is 11.8. The molecule has 1 aromatic heterocycles. The van der Waals surface area contributed by atoms with E-state index >= 15 is 0 Å². The molecular formula is C12H10ClFN2O. The molecule has 5 heteroatoms. The Morgan fingerprint density at radius 1 is 1.47 bits per heavy atom. The number of benzene rings is 1. The van der Waals surface area contributed by atoms with Crippen LogP contribution in [0.4, 0.5) is 4.39 Å². The van der Waals surface area contributed by atoms with Crippen molar-refractivity contribution in [3.8, 4) is 0 Å². The number of rotatable bonds is 3. The SMILES string of the molecule is CCn1nccc1C(=O)c1cccc(Cl)c1F. The Hall–Kier alpha value is -1.68. The molecule has 0 saturated heterocycles. The number of aromatic nitrogens is 2. The monoisotopic (exact) mass is 252 g/mol. The second-order valence-corrected chi connectivity index (χ2v) is 3.87. The van der Waals surface area contributed by atoms with E-state index in [4.69, 9.17) is 11.6 Å². The molecule has 0 fully saturated rings. The van der Waals surface area contributed by atoms with E-state index in [0.717, 1.165) is 0 Å². The van der Waals surface area contributed by atoms with Gasteiger partial charge in [-0.05, 0) is 25.1 Å². The van der Waals surface area contributed by atoms with Crippen LogP contribution in [0.5, 0.6) is 0 Å². The van der Waals surface area contributed by atoms with Crippen molar-refractivity contribution in [1.29, 1.82) is 0 Å². The smallest absolute Gasteiger partial charge is 0.214 e. The highest BCUT2D eigenvalue weighted by Crippen LogP contribution is 2.20. The molecule has 0 radical (unpaired) electrons. The Balaban J connectivity index is 2.48. The number of nitrogens with zero attached hydrogens (tertiary/aromatic N) is 2. The Labute approximate surface area is 103 Å². The van der Waals surface area contributed by atoms with Gasteiger partial charge < -0.3 is 0 Å². The lowest BCUT2D eigenvalue weighted by molar-refractivity contribution is 0.102. The van der Waals surface area contributed by atoms with E-state index in [1.54, 1.807) is 12.1 Å². The van der Waals surface area contributed by atoms with Gasteiger partial charge in [-0.2, -0.15) is 5.10 Å². The average Bonchev–Trinajstić information content (AvgIpc) is 2.80. The Bertz CT molecular complexity index is 565. The van der Waals surface area contributed by atoms with Crippen LogP contribution >= 0.6 is 11.6 Å². The van der Waals surface area contributed by atoms with Gasteiger partial charge in [-0.3, -0.25) is 9.48 Å². The van der Waals surface area contributed by atoms with Crippen LogP contribution < -0.4 is 0 Å². The number of ketones is 1. The predicted octanol–water partition coefficient (Wildman–Crippen LogP) is 2.93. The van der Waals surface area contributed by atoms with Crippen LogP contribution in [0, 0.1) is 5.82 Å². The number of carbonyl (C=O) groups is 1. The Morgan fingerprint density at radius 2 is 2.24 bits per heavy atom. The maximum Gasteiger partial charge on any atom is 0.214 e. The van der Waals surface area contributed by atoms with Gasteiger partial charge in [-0.15, -0.1) is 0 Å². The molecule has 0 aliphatic heterocycles. The van der Waals surface area contributed by atoms with Crippen molar-refractivity contribution in [2.75, 3.05) is 0 Å². The summed E-state index contributed by atoms with van der Waals surface area (Å²) in [5, 5.41) is 3.92. The largest absolute Gasteiger partial charge is 0.287 e. The third-order valence-electron chi connectivity index (χ3n) is 2.44. The Morgan fingerprint density at radius 3 is 2.94 bits per heavy atom. The fraction of sp³-hybridized carbons (Fsp3) is 0.167. The van der Waals surface area contributed by atoms with Gasteiger partial charge in [-0.1, -0.05) is 17.7 Å². The van der Waals surface area contributed by atoms with Crippen molar-refractivity contribution in [3.05, 3.63) is 52.6 Å². The molecule has 0 spiro atoms. The minimum Gasteiger partial charge on any atom is -0.287 e. The summed E-state index contributed by atoms with van der Waals surface area (Å²) in [6.07, 6.45) is 1.51. The number of hydrogen-bond donors (Lipinski definition) is 0. The molecule has 0 N–H and O–H groups in total. The molecule has 0 bridgehead atoms. The summed E-state index contributed by atoms with van der Waals surface area (Å²) >= 11 is 5.64. The molecule has 2 rings (SSSR count). The van der Waals surface area contributed by atoms with E-state index in [-0.39, 0.29) is 10.6 Å². The maximum atomic E-state index is 13.7. The molecule has 1 heterocycles. The molecule has 2 aromatic rings. The molecular weight excluding hydrogens is 243 g/mol. The van der Waals surface area contributed by atoms with Gasteiger partial charge in [0.05, 0.1) is 10.6 Å². The summed E-state index contributed by atoms with van der Waals surface area (Å²) in [4.78, 5) is 12.1. The van der Waals surface area contributed by atoms with Gasteiger partial charge in [0.15, 0.2) is 5.82 Å². The minimum absolute atomic E-state index is 0.0345. The maximum absolute atomic E-state index is 13.7. The summed E-state index contributed by atoms with van der Waals surface area (Å²) < 4.78 is 15.2. The highest BCUT2D eigenvalue weighted by molar-refractivity contribution is 6.31. The first-order valence-electron chi connectivity index (χ1n) is 5.15. The van der Waals surface area contributed by atoms with Gasteiger partial charge in [0.1, 0.15) is 5.69 Å². The number of carbonyl (C=O) groups excluding carboxylic acids is 1. The van der Waals surface area contributed by atoms with E-state index in [1.165, 1.54) is 23.0 Å². The van der Waals surface area contributed by atoms with Crippen molar-refractivity contribution < 1.29 is 9.18 Å². The fourth-order valence-electron chi connectivity index (χ4n) is 1.59. The number of halogens is 2. The van der Waals surface area contributed by atoms with Crippen molar-refractivity contribution in [1.82, 2.24) is 9.78 Å². The second-order valence-electron chi connectivity index (χ2n) is 3.46. The zero-order chi connectivity index (χ0) is 12.4. The molecule has 0 aliphatic carbocycles. The first-order valence-corrected chi connectivity index (χ1v) is 5.53. The molecule has 0 saturated carbocycles. The predicted molar refractivity (Wildman–Crippen MR) is 62.7 cm³/mol. The molecule has 0 aliphatic rings. The lowest BCUT2D eigenvalue weighted by Gasteiger charge is -2.05. The summed E-state index contributed by atoms with van der Waals surface area (Å²) in [6.45, 7) is 2.41. The van der Waals surface area contributed by atoms with Gasteiger partial charge in [0.25, 0.3) is 0 Å². The third-order valence-corrected chi connectivity index (χ3v) is 2.74. The van der Waals surface area contributed by atoms with Gasteiger partial charge >= 0.3 is 0 Å². The molecule has 1 aromatic carbocycles. The molecule has 17 heavy (non-hydrogen) atoms. The van der Waals surface area contributed by atoms with Crippen LogP contribution in [0.3, 0.4) is 0 Å². The molecule has 88 valence electrons. The normalized spacial score (nSPS) is 10.5. The van der Waals surface area contributed by atoms with E-state index < -0.39 is 11.6 Å². The third kappa shape index (κ3) is 2.08. The van der Waals surface area contributed by atoms with Crippen molar-refractivity contribution in [2.24, 2.45) is 0 Å². The Kier molecular flexibility index (Phi) is 3.24. The molecule has 0 amide bonds. The number of hydrogen-bond acceptors (Lipinski definition) is 2. The topological polar surface area (TPSA) is 34.9 Å². The zero-order valence-corrected chi connectivity index (χ0v) is 9.91. The molecule has 0 atom stereocenters. The minimum atomic E-state index is -0.692. The highest BCUT2D eigenvalue weighted by Gasteiger charge is 2.18. The van der Waals surface area contributed by atoms with E-state index in [2.05, 4.69) is 5.10 Å². The average molecular weight is 253 g/mol. The van der Waals surface area contributed by atoms with Gasteiger partial charge in [-0.25, -0.2) is 4.39 Å². The summed E-state index contributed by atoms with van der Waals surface area (Å²) in [6, 6.07) is 5.93. The van der Waals surface area contributed by atoms with Crippen LogP contribution in [-0.2, 0) is 6.54 Å². The molecule has 3 nitrogen and oxygen atoms in total. The van der Waals surface area contributed by atoms with Gasteiger partial charge in [0.2, 0.25) is 5.78 Å². The standard InChI is InChI=1S/C12H10ClFN2O/c1-2-16-10(6-7-15-16)12(17)8-4-3-5-9(13)11(8)14/h3-7H,2H2,1H3. The van der Waals surface area contributed by atoms with Crippen LogP contribution in [0.15, 0.2) is 30.5 Å². The van der Waals surface area contributed by atoms with Crippen molar-refractivity contribution in [2.45, 2.75) is 13.5 Å². The van der Waals surface area contributed by atoms with Crippen LogP contribution in [-0.4, -0.2) is 15.6 Å². The fourth-order valence-corrected chi connectivity index (χ4v) is 1.77. The summed E-state index contributed by atoms with van der Waals surface area (Å²) in [5.74, 6) is -1.10. The zero-order valence-electron chi connectivity index (χ0n) is 9.15. The van der Waals surface area contributed by atoms with E-state index in [1.807, 2.05) is 6.92 Å².